The fraction of sp³-hybridized carbons (Fsp3) is 0.320. The first kappa shape index (κ1) is 20.7. The van der Waals surface area contributed by atoms with E-state index >= 15 is 0 Å². The average Bonchev–Trinajstić information content (AvgIpc) is 2.76. The number of amides is 1. The third-order valence-electron chi connectivity index (χ3n) is 4.84. The first-order valence-corrected chi connectivity index (χ1v) is 10.3. The fourth-order valence-electron chi connectivity index (χ4n) is 3.26. The molecule has 0 spiro atoms. The molecular weight excluding hydrogens is 362 g/mol. The molecule has 152 valence electrons. The number of hydrogen-bond donors (Lipinski definition) is 1. The molecule has 0 saturated heterocycles. The second-order valence-electron chi connectivity index (χ2n) is 7.00. The van der Waals surface area contributed by atoms with Gasteiger partial charge >= 0.3 is 0 Å². The third kappa shape index (κ3) is 5.98. The standard InChI is InChI=1S/C25H29NO3/c1-3-24(29-23-16-13-20-9-5-6-10-21(20)18-23)25(27)26-17-7-8-19-11-14-22(15-12-19)28-4-2/h5-6,9-16,18,24H,3-4,7-8,17H2,1-2H3,(H,26,27)/t24-/m0/s1. The van der Waals surface area contributed by atoms with Gasteiger partial charge in [-0.25, -0.2) is 0 Å². The molecule has 0 heterocycles. The van der Waals surface area contributed by atoms with E-state index in [0.29, 0.717) is 19.6 Å². The molecule has 0 fully saturated rings. The van der Waals surface area contributed by atoms with Crippen molar-refractivity contribution < 1.29 is 14.3 Å². The molecule has 3 rings (SSSR count). The van der Waals surface area contributed by atoms with Crippen LogP contribution in [0.25, 0.3) is 10.8 Å². The van der Waals surface area contributed by atoms with Crippen molar-refractivity contribution in [1.29, 1.82) is 0 Å². The summed E-state index contributed by atoms with van der Waals surface area (Å²) in [6.07, 6.45) is 1.93. The first-order valence-electron chi connectivity index (χ1n) is 10.3. The van der Waals surface area contributed by atoms with Crippen LogP contribution in [-0.4, -0.2) is 25.2 Å². The van der Waals surface area contributed by atoms with Gasteiger partial charge in [-0.2, -0.15) is 0 Å². The van der Waals surface area contributed by atoms with E-state index in [-0.39, 0.29) is 5.91 Å². The Morgan fingerprint density at radius 2 is 1.66 bits per heavy atom. The van der Waals surface area contributed by atoms with Crippen molar-refractivity contribution in [3.63, 3.8) is 0 Å². The Bertz CT molecular complexity index is 921. The van der Waals surface area contributed by atoms with Crippen molar-refractivity contribution in [2.24, 2.45) is 0 Å². The highest BCUT2D eigenvalue weighted by Crippen LogP contribution is 2.22. The van der Waals surface area contributed by atoms with Crippen LogP contribution in [0.1, 0.15) is 32.3 Å². The zero-order valence-corrected chi connectivity index (χ0v) is 17.2. The molecule has 0 bridgehead atoms. The summed E-state index contributed by atoms with van der Waals surface area (Å²) in [6, 6.07) is 22.2. The molecule has 3 aromatic rings. The van der Waals surface area contributed by atoms with Crippen LogP contribution in [0.4, 0.5) is 0 Å². The van der Waals surface area contributed by atoms with E-state index in [0.717, 1.165) is 35.1 Å². The minimum Gasteiger partial charge on any atom is -0.494 e. The molecule has 0 unspecified atom stereocenters. The molecule has 0 aromatic heterocycles. The van der Waals surface area contributed by atoms with E-state index in [9.17, 15) is 4.79 Å². The van der Waals surface area contributed by atoms with Gasteiger partial charge in [0, 0.05) is 6.54 Å². The smallest absolute Gasteiger partial charge is 0.261 e. The van der Waals surface area contributed by atoms with Crippen LogP contribution in [0.2, 0.25) is 0 Å². The van der Waals surface area contributed by atoms with Gasteiger partial charge in [-0.3, -0.25) is 4.79 Å². The van der Waals surface area contributed by atoms with Crippen molar-refractivity contribution in [3.8, 4) is 11.5 Å². The van der Waals surface area contributed by atoms with E-state index in [1.165, 1.54) is 5.56 Å². The number of aryl methyl sites for hydroxylation is 1. The SMILES string of the molecule is CCOc1ccc(CCCNC(=O)[C@H](CC)Oc2ccc3ccccc3c2)cc1. The molecule has 4 heteroatoms. The van der Waals surface area contributed by atoms with Gasteiger partial charge in [0.15, 0.2) is 6.10 Å². The summed E-state index contributed by atoms with van der Waals surface area (Å²) in [5.74, 6) is 1.55. The summed E-state index contributed by atoms with van der Waals surface area (Å²) < 4.78 is 11.4. The largest absolute Gasteiger partial charge is 0.494 e. The number of benzene rings is 3. The van der Waals surface area contributed by atoms with Gasteiger partial charge in [0.1, 0.15) is 11.5 Å². The Morgan fingerprint density at radius 3 is 2.38 bits per heavy atom. The van der Waals surface area contributed by atoms with E-state index in [1.807, 2.05) is 62.4 Å². The number of fused-ring (bicyclic) bond motifs is 1. The summed E-state index contributed by atoms with van der Waals surface area (Å²) in [6.45, 7) is 5.24. The molecule has 4 nitrogen and oxygen atoms in total. The van der Waals surface area contributed by atoms with Crippen LogP contribution in [0.5, 0.6) is 11.5 Å². The molecule has 0 radical (unpaired) electrons. The lowest BCUT2D eigenvalue weighted by molar-refractivity contribution is -0.128. The minimum absolute atomic E-state index is 0.0626. The van der Waals surface area contributed by atoms with Crippen molar-refractivity contribution in [1.82, 2.24) is 5.32 Å². The Hall–Kier alpha value is -3.01. The number of nitrogens with one attached hydrogen (secondary N) is 1. The summed E-state index contributed by atoms with van der Waals surface area (Å²) in [5.41, 5.74) is 1.24. The summed E-state index contributed by atoms with van der Waals surface area (Å²) in [7, 11) is 0. The number of rotatable bonds is 10. The second kappa shape index (κ2) is 10.5. The highest BCUT2D eigenvalue weighted by atomic mass is 16.5. The highest BCUT2D eigenvalue weighted by molar-refractivity contribution is 5.84. The Kier molecular flexibility index (Phi) is 7.51. The molecule has 1 atom stereocenters. The Morgan fingerprint density at radius 1 is 0.931 bits per heavy atom. The van der Waals surface area contributed by atoms with Crippen molar-refractivity contribution in [2.75, 3.05) is 13.2 Å². The summed E-state index contributed by atoms with van der Waals surface area (Å²) in [5, 5.41) is 5.27. The van der Waals surface area contributed by atoms with Gasteiger partial charge in [0.2, 0.25) is 0 Å². The van der Waals surface area contributed by atoms with Crippen LogP contribution in [0.3, 0.4) is 0 Å². The van der Waals surface area contributed by atoms with Gasteiger partial charge in [-0.15, -0.1) is 0 Å². The Labute approximate surface area is 172 Å². The maximum absolute atomic E-state index is 12.5. The van der Waals surface area contributed by atoms with Crippen molar-refractivity contribution >= 4 is 16.7 Å². The van der Waals surface area contributed by atoms with E-state index in [2.05, 4.69) is 23.5 Å². The van der Waals surface area contributed by atoms with E-state index < -0.39 is 6.10 Å². The molecular formula is C25H29NO3. The van der Waals surface area contributed by atoms with Gasteiger partial charge in [-0.1, -0.05) is 49.4 Å². The zero-order valence-electron chi connectivity index (χ0n) is 17.2. The maximum Gasteiger partial charge on any atom is 0.261 e. The number of carbonyl (C=O) groups excluding carboxylic acids is 1. The van der Waals surface area contributed by atoms with Crippen LogP contribution < -0.4 is 14.8 Å². The van der Waals surface area contributed by atoms with Gasteiger partial charge < -0.3 is 14.8 Å². The molecule has 0 aliphatic carbocycles. The maximum atomic E-state index is 12.5. The topological polar surface area (TPSA) is 47.6 Å². The van der Waals surface area contributed by atoms with Gasteiger partial charge in [0.25, 0.3) is 5.91 Å². The molecule has 0 saturated carbocycles. The van der Waals surface area contributed by atoms with Crippen molar-refractivity contribution in [3.05, 3.63) is 72.3 Å². The average molecular weight is 392 g/mol. The molecule has 3 aromatic carbocycles. The van der Waals surface area contributed by atoms with Crippen LogP contribution in [0.15, 0.2) is 66.7 Å². The normalized spacial score (nSPS) is 11.8. The van der Waals surface area contributed by atoms with Crippen LogP contribution >= 0.6 is 0 Å². The fourth-order valence-corrected chi connectivity index (χ4v) is 3.26. The number of hydrogen-bond acceptors (Lipinski definition) is 3. The second-order valence-corrected chi connectivity index (χ2v) is 7.00. The lowest BCUT2D eigenvalue weighted by Gasteiger charge is -2.17. The first-order chi connectivity index (χ1) is 14.2. The predicted octanol–water partition coefficient (Wildman–Crippen LogP) is 5.14. The summed E-state index contributed by atoms with van der Waals surface area (Å²) in [4.78, 5) is 12.5. The summed E-state index contributed by atoms with van der Waals surface area (Å²) >= 11 is 0. The quantitative estimate of drug-likeness (QED) is 0.487. The molecule has 1 amide bonds. The predicted molar refractivity (Wildman–Crippen MR) is 118 cm³/mol. The number of carbonyl (C=O) groups is 1. The van der Waals surface area contributed by atoms with Crippen LogP contribution in [-0.2, 0) is 11.2 Å². The molecule has 0 aliphatic heterocycles. The van der Waals surface area contributed by atoms with Gasteiger partial charge in [-0.05, 0) is 66.8 Å². The van der Waals surface area contributed by atoms with Crippen molar-refractivity contribution in [2.45, 2.75) is 39.2 Å². The lowest BCUT2D eigenvalue weighted by atomic mass is 10.1. The molecule has 29 heavy (non-hydrogen) atoms. The molecule has 0 aliphatic rings. The van der Waals surface area contributed by atoms with E-state index in [1.54, 1.807) is 0 Å². The van der Waals surface area contributed by atoms with Crippen LogP contribution in [0, 0.1) is 0 Å². The van der Waals surface area contributed by atoms with Gasteiger partial charge in [0.05, 0.1) is 6.61 Å². The lowest BCUT2D eigenvalue weighted by Crippen LogP contribution is -2.38. The Balaban J connectivity index is 1.46. The van der Waals surface area contributed by atoms with E-state index in [4.69, 9.17) is 9.47 Å². The zero-order chi connectivity index (χ0) is 20.5. The number of ether oxygens (including phenoxy) is 2. The molecule has 1 N–H and O–H groups in total. The minimum atomic E-state index is -0.485. The monoisotopic (exact) mass is 391 g/mol. The third-order valence-corrected chi connectivity index (χ3v) is 4.84. The highest BCUT2D eigenvalue weighted by Gasteiger charge is 2.17.